The van der Waals surface area contributed by atoms with E-state index < -0.39 is 0 Å². The number of hydrogen-bond acceptors (Lipinski definition) is 5. The average molecular weight is 823 g/mol. The summed E-state index contributed by atoms with van der Waals surface area (Å²) in [5.41, 5.74) is 12.4. The molecule has 0 spiro atoms. The molecule has 0 fully saturated rings. The van der Waals surface area contributed by atoms with Gasteiger partial charge in [-0.2, -0.15) is 0 Å². The van der Waals surface area contributed by atoms with E-state index in [0.717, 1.165) is 61.0 Å². The highest BCUT2D eigenvalue weighted by atomic mass is 32.1. The lowest BCUT2D eigenvalue weighted by Gasteiger charge is -2.09. The van der Waals surface area contributed by atoms with Crippen molar-refractivity contribution < 1.29 is 4.42 Å². The van der Waals surface area contributed by atoms with Gasteiger partial charge in [0.05, 0.1) is 11.0 Å². The Morgan fingerprint density at radius 1 is 0.349 bits per heavy atom. The van der Waals surface area contributed by atoms with Crippen molar-refractivity contribution in [3.63, 3.8) is 0 Å². The summed E-state index contributed by atoms with van der Waals surface area (Å²) in [6.07, 6.45) is 0. The topological polar surface area (TPSA) is 56.7 Å². The van der Waals surface area contributed by atoms with E-state index in [1.807, 2.05) is 84.1 Å². The molecule has 63 heavy (non-hydrogen) atoms. The maximum absolute atomic E-state index is 6.54. The largest absolute Gasteiger partial charge is 0.456 e. The first kappa shape index (κ1) is 35.6. The van der Waals surface area contributed by atoms with Gasteiger partial charge in [-0.25, -0.2) is 15.0 Å². The first-order chi connectivity index (χ1) is 31.2. The summed E-state index contributed by atoms with van der Waals surface area (Å²) < 4.78 is 11.6. The minimum absolute atomic E-state index is 0.596. The van der Waals surface area contributed by atoms with Crippen molar-refractivity contribution in [1.29, 1.82) is 0 Å². The molecule has 5 nitrogen and oxygen atoms in total. The molecule has 0 saturated heterocycles. The maximum atomic E-state index is 6.54. The van der Waals surface area contributed by atoms with Gasteiger partial charge in [0, 0.05) is 64.1 Å². The van der Waals surface area contributed by atoms with Crippen LogP contribution in [0.5, 0.6) is 0 Å². The van der Waals surface area contributed by atoms with Crippen molar-refractivity contribution in [2.24, 2.45) is 0 Å². The normalized spacial score (nSPS) is 11.8. The van der Waals surface area contributed by atoms with Crippen LogP contribution in [-0.4, -0.2) is 19.5 Å². The van der Waals surface area contributed by atoms with Crippen molar-refractivity contribution in [2.75, 3.05) is 0 Å². The molecule has 13 rings (SSSR count). The molecule has 13 aromatic rings. The summed E-state index contributed by atoms with van der Waals surface area (Å²) in [4.78, 5) is 15.1. The Morgan fingerprint density at radius 2 is 0.873 bits per heavy atom. The molecule has 4 heterocycles. The first-order valence-electron chi connectivity index (χ1n) is 21.1. The molecule has 6 heteroatoms. The van der Waals surface area contributed by atoms with Crippen LogP contribution in [0.4, 0.5) is 0 Å². The van der Waals surface area contributed by atoms with Crippen LogP contribution in [0.25, 0.3) is 126 Å². The van der Waals surface area contributed by atoms with E-state index in [2.05, 4.69) is 138 Å². The highest BCUT2D eigenvalue weighted by Crippen LogP contribution is 2.42. The Hall–Kier alpha value is -8.19. The molecule has 0 amide bonds. The molecular weight excluding hydrogens is 789 g/mol. The van der Waals surface area contributed by atoms with Gasteiger partial charge in [-0.05, 0) is 95.1 Å². The Kier molecular flexibility index (Phi) is 8.01. The second-order valence-electron chi connectivity index (χ2n) is 16.0. The molecule has 0 saturated carbocycles. The van der Waals surface area contributed by atoms with Crippen LogP contribution in [0.2, 0.25) is 0 Å². The third-order valence-electron chi connectivity index (χ3n) is 12.3. The first-order valence-corrected chi connectivity index (χ1v) is 21.9. The van der Waals surface area contributed by atoms with Crippen LogP contribution in [0, 0.1) is 0 Å². The number of aromatic nitrogens is 4. The number of rotatable bonds is 6. The van der Waals surface area contributed by atoms with Gasteiger partial charge >= 0.3 is 0 Å². The summed E-state index contributed by atoms with van der Waals surface area (Å²) in [5, 5.41) is 6.99. The highest BCUT2D eigenvalue weighted by molar-refractivity contribution is 7.25. The van der Waals surface area contributed by atoms with Gasteiger partial charge in [-0.1, -0.05) is 133 Å². The fraction of sp³-hybridized carbons (Fsp3) is 0. The number of fused-ring (bicyclic) bond motifs is 9. The lowest BCUT2D eigenvalue weighted by Crippen LogP contribution is -2.00. The van der Waals surface area contributed by atoms with E-state index in [1.54, 1.807) is 0 Å². The third kappa shape index (κ3) is 5.87. The zero-order valence-electron chi connectivity index (χ0n) is 33.7. The number of furan rings is 1. The SMILES string of the molecule is c1ccc(-c2nc(-c3ccccc3)nc(-c3cccc4oc5ccc(-c6ccc7c(c6)c6cc(-c8ccc9sc%10ccccc%10c9c8)ccc6n7-c6ccccc6)cc5c34)n2)cc1. The van der Waals surface area contributed by atoms with Crippen molar-refractivity contribution in [3.8, 4) is 62.1 Å². The summed E-state index contributed by atoms with van der Waals surface area (Å²) in [7, 11) is 0. The summed E-state index contributed by atoms with van der Waals surface area (Å²) in [5.74, 6) is 1.84. The lowest BCUT2D eigenvalue weighted by atomic mass is 9.98. The van der Waals surface area contributed by atoms with E-state index in [1.165, 1.54) is 47.6 Å². The Labute approximate surface area is 365 Å². The van der Waals surface area contributed by atoms with Crippen LogP contribution >= 0.6 is 11.3 Å². The molecule has 0 aliphatic rings. The second-order valence-corrected chi connectivity index (χ2v) is 17.1. The molecule has 0 radical (unpaired) electrons. The number of thiophene rings is 1. The van der Waals surface area contributed by atoms with Crippen molar-refractivity contribution in [2.45, 2.75) is 0 Å². The Balaban J connectivity index is 0.984. The van der Waals surface area contributed by atoms with Crippen molar-refractivity contribution >= 4 is 75.3 Å². The lowest BCUT2D eigenvalue weighted by molar-refractivity contribution is 0.669. The molecule has 0 aliphatic carbocycles. The van der Waals surface area contributed by atoms with Crippen LogP contribution in [0.15, 0.2) is 211 Å². The van der Waals surface area contributed by atoms with Crippen LogP contribution in [0.3, 0.4) is 0 Å². The molecule has 0 aliphatic heterocycles. The van der Waals surface area contributed by atoms with Crippen LogP contribution < -0.4 is 0 Å². The predicted molar refractivity (Wildman–Crippen MR) is 262 cm³/mol. The molecule has 0 N–H and O–H groups in total. The average Bonchev–Trinajstić information content (AvgIpc) is 4.03. The van der Waals surface area contributed by atoms with Crippen molar-refractivity contribution in [3.05, 3.63) is 206 Å². The van der Waals surface area contributed by atoms with Gasteiger partial charge in [0.15, 0.2) is 17.5 Å². The standard InChI is InChI=1S/C57H34N4OS/c1-4-13-35(14-5-1)55-58-56(36-15-6-2-7-16-36)60-57(59-55)43-20-12-21-51-54(43)47-34-39(25-29-50(47)62-51)37-23-27-48-44(31-37)45-32-38(24-28-49(45)61(48)41-17-8-3-9-18-41)40-26-30-53-46(33-40)42-19-10-11-22-52(42)63-53/h1-34H. The molecular formula is C57H34N4OS. The fourth-order valence-corrected chi connectivity index (χ4v) is 10.4. The molecule has 0 unspecified atom stereocenters. The smallest absolute Gasteiger partial charge is 0.164 e. The van der Waals surface area contributed by atoms with Gasteiger partial charge in [0.2, 0.25) is 0 Å². The Bertz CT molecular complexity index is 3850. The number of benzene rings is 9. The number of para-hydroxylation sites is 1. The van der Waals surface area contributed by atoms with Gasteiger partial charge < -0.3 is 8.98 Å². The fourth-order valence-electron chi connectivity index (χ4n) is 9.27. The van der Waals surface area contributed by atoms with Crippen LogP contribution in [-0.2, 0) is 0 Å². The quantitative estimate of drug-likeness (QED) is 0.168. The van der Waals surface area contributed by atoms with Crippen LogP contribution in [0.1, 0.15) is 0 Å². The molecule has 0 bridgehead atoms. The monoisotopic (exact) mass is 822 g/mol. The summed E-state index contributed by atoms with van der Waals surface area (Å²) >= 11 is 1.85. The molecule has 9 aromatic carbocycles. The second kappa shape index (κ2) is 14.2. The number of hydrogen-bond donors (Lipinski definition) is 0. The predicted octanol–water partition coefficient (Wildman–Crippen LogP) is 15.6. The van der Waals surface area contributed by atoms with E-state index in [4.69, 9.17) is 19.4 Å². The summed E-state index contributed by atoms with van der Waals surface area (Å²) in [6, 6.07) is 72.9. The summed E-state index contributed by atoms with van der Waals surface area (Å²) in [6.45, 7) is 0. The molecule has 4 aromatic heterocycles. The minimum atomic E-state index is 0.596. The van der Waals surface area contributed by atoms with Gasteiger partial charge in [0.1, 0.15) is 11.2 Å². The van der Waals surface area contributed by atoms with E-state index in [0.29, 0.717) is 17.5 Å². The maximum Gasteiger partial charge on any atom is 0.164 e. The van der Waals surface area contributed by atoms with Gasteiger partial charge in [-0.15, -0.1) is 11.3 Å². The molecule has 0 atom stereocenters. The molecule has 294 valence electrons. The van der Waals surface area contributed by atoms with Crippen molar-refractivity contribution in [1.82, 2.24) is 19.5 Å². The highest BCUT2D eigenvalue weighted by Gasteiger charge is 2.20. The number of nitrogens with zero attached hydrogens (tertiary/aromatic N) is 4. The van der Waals surface area contributed by atoms with E-state index >= 15 is 0 Å². The van der Waals surface area contributed by atoms with Gasteiger partial charge in [-0.3, -0.25) is 0 Å². The van der Waals surface area contributed by atoms with Gasteiger partial charge in [0.25, 0.3) is 0 Å². The van der Waals surface area contributed by atoms with E-state index in [9.17, 15) is 0 Å². The third-order valence-corrected chi connectivity index (χ3v) is 13.4. The zero-order valence-corrected chi connectivity index (χ0v) is 34.6. The zero-order chi connectivity index (χ0) is 41.4. The minimum Gasteiger partial charge on any atom is -0.456 e. The Morgan fingerprint density at radius 3 is 1.54 bits per heavy atom. The van der Waals surface area contributed by atoms with E-state index in [-0.39, 0.29) is 0 Å².